The summed E-state index contributed by atoms with van der Waals surface area (Å²) in [6, 6.07) is 0. The Morgan fingerprint density at radius 3 is 2.67 bits per heavy atom. The topological polar surface area (TPSA) is 37.4 Å². The summed E-state index contributed by atoms with van der Waals surface area (Å²) in [6.07, 6.45) is 6.09. The van der Waals surface area contributed by atoms with Crippen molar-refractivity contribution in [1.82, 2.24) is 10.3 Å². The number of anilines is 1. The van der Waals surface area contributed by atoms with Crippen LogP contribution < -0.4 is 10.2 Å². The molecular weight excluding hydrogens is 282 g/mol. The molecule has 5 heteroatoms. The summed E-state index contributed by atoms with van der Waals surface area (Å²) >= 11 is 1.88. The normalized spacial score (nSPS) is 16.6. The Morgan fingerprint density at radius 2 is 2.05 bits per heavy atom. The minimum Gasteiger partial charge on any atom is -0.381 e. The van der Waals surface area contributed by atoms with E-state index in [4.69, 9.17) is 9.72 Å². The molecule has 0 aromatic carbocycles. The maximum atomic E-state index is 5.45. The van der Waals surface area contributed by atoms with Gasteiger partial charge < -0.3 is 15.0 Å². The number of thiazole rings is 1. The Hall–Kier alpha value is -0.650. The summed E-state index contributed by atoms with van der Waals surface area (Å²) in [5.74, 6) is 0. The number of hydrogen-bond donors (Lipinski definition) is 1. The predicted octanol–water partition coefficient (Wildman–Crippen LogP) is 3.21. The number of nitrogens with one attached hydrogen (secondary N) is 1. The lowest BCUT2D eigenvalue weighted by Crippen LogP contribution is -2.36. The highest BCUT2D eigenvalue weighted by molar-refractivity contribution is 7.15. The minimum atomic E-state index is 0.432. The third-order valence-electron chi connectivity index (χ3n) is 4.01. The Balaban J connectivity index is 2.00. The van der Waals surface area contributed by atoms with E-state index in [2.05, 4.69) is 24.1 Å². The van der Waals surface area contributed by atoms with E-state index in [1.54, 1.807) is 0 Å². The molecule has 1 aliphatic rings. The Bertz CT molecular complexity index is 414. The first-order valence-corrected chi connectivity index (χ1v) is 9.07. The number of ether oxygens (including phenoxy) is 1. The van der Waals surface area contributed by atoms with Crippen LogP contribution in [0.4, 0.5) is 5.13 Å². The standard InChI is InChI=1S/C16H29N3OS/c1-4-6-14-15(12-17-9-5-2)21-16(18-14)19-10-7-13(20-3)8-11-19/h13,17H,4-12H2,1-3H3. The van der Waals surface area contributed by atoms with Gasteiger partial charge in [0.1, 0.15) is 0 Å². The van der Waals surface area contributed by atoms with Gasteiger partial charge in [-0.3, -0.25) is 0 Å². The summed E-state index contributed by atoms with van der Waals surface area (Å²) in [6.45, 7) is 8.62. The molecule has 120 valence electrons. The first-order chi connectivity index (χ1) is 10.3. The molecular formula is C16H29N3OS. The fourth-order valence-electron chi connectivity index (χ4n) is 2.74. The van der Waals surface area contributed by atoms with Crippen molar-refractivity contribution in [3.63, 3.8) is 0 Å². The van der Waals surface area contributed by atoms with Crippen LogP contribution >= 0.6 is 11.3 Å². The van der Waals surface area contributed by atoms with Crippen LogP contribution in [0.3, 0.4) is 0 Å². The number of aromatic nitrogens is 1. The van der Waals surface area contributed by atoms with Crippen LogP contribution in [0, 0.1) is 0 Å². The maximum Gasteiger partial charge on any atom is 0.185 e. The lowest BCUT2D eigenvalue weighted by molar-refractivity contribution is 0.0819. The monoisotopic (exact) mass is 311 g/mol. The van der Waals surface area contributed by atoms with Crippen LogP contribution in [-0.4, -0.2) is 37.8 Å². The van der Waals surface area contributed by atoms with Crippen molar-refractivity contribution in [2.45, 2.75) is 58.6 Å². The third kappa shape index (κ3) is 4.66. The van der Waals surface area contributed by atoms with Gasteiger partial charge in [0, 0.05) is 31.6 Å². The van der Waals surface area contributed by atoms with Gasteiger partial charge in [0.15, 0.2) is 5.13 Å². The Labute approximate surface area is 132 Å². The van der Waals surface area contributed by atoms with E-state index in [1.807, 2.05) is 18.4 Å². The van der Waals surface area contributed by atoms with Gasteiger partial charge in [-0.2, -0.15) is 0 Å². The van der Waals surface area contributed by atoms with Crippen molar-refractivity contribution >= 4 is 16.5 Å². The average Bonchev–Trinajstić information content (AvgIpc) is 2.91. The van der Waals surface area contributed by atoms with E-state index < -0.39 is 0 Å². The number of hydrogen-bond acceptors (Lipinski definition) is 5. The molecule has 0 atom stereocenters. The van der Waals surface area contributed by atoms with E-state index in [0.29, 0.717) is 6.10 Å². The zero-order valence-electron chi connectivity index (χ0n) is 13.7. The summed E-state index contributed by atoms with van der Waals surface area (Å²) in [5, 5.41) is 4.72. The first kappa shape index (κ1) is 16.7. The quantitative estimate of drug-likeness (QED) is 0.748. The zero-order valence-corrected chi connectivity index (χ0v) is 14.5. The molecule has 2 rings (SSSR count). The predicted molar refractivity (Wildman–Crippen MR) is 90.4 cm³/mol. The molecule has 0 spiro atoms. The van der Waals surface area contributed by atoms with E-state index in [9.17, 15) is 0 Å². The van der Waals surface area contributed by atoms with Gasteiger partial charge in [-0.25, -0.2) is 4.98 Å². The smallest absolute Gasteiger partial charge is 0.185 e. The van der Waals surface area contributed by atoms with E-state index >= 15 is 0 Å². The number of aryl methyl sites for hydroxylation is 1. The van der Waals surface area contributed by atoms with E-state index in [-0.39, 0.29) is 0 Å². The van der Waals surface area contributed by atoms with Crippen LogP contribution in [-0.2, 0) is 17.7 Å². The van der Waals surface area contributed by atoms with Crippen LogP contribution in [0.15, 0.2) is 0 Å². The van der Waals surface area contributed by atoms with Crippen molar-refractivity contribution in [1.29, 1.82) is 0 Å². The van der Waals surface area contributed by atoms with Crippen LogP contribution in [0.5, 0.6) is 0 Å². The highest BCUT2D eigenvalue weighted by Crippen LogP contribution is 2.29. The van der Waals surface area contributed by atoms with Gasteiger partial charge in [-0.05, 0) is 32.2 Å². The first-order valence-electron chi connectivity index (χ1n) is 8.25. The number of piperidine rings is 1. The van der Waals surface area contributed by atoms with Gasteiger partial charge >= 0.3 is 0 Å². The molecule has 1 N–H and O–H groups in total. The van der Waals surface area contributed by atoms with Crippen molar-refractivity contribution in [2.24, 2.45) is 0 Å². The summed E-state index contributed by atoms with van der Waals surface area (Å²) in [4.78, 5) is 8.78. The van der Waals surface area contributed by atoms with Gasteiger partial charge in [-0.15, -0.1) is 11.3 Å². The van der Waals surface area contributed by atoms with Crippen LogP contribution in [0.1, 0.15) is 50.1 Å². The van der Waals surface area contributed by atoms with Crippen LogP contribution in [0.25, 0.3) is 0 Å². The molecule has 0 aliphatic carbocycles. The van der Waals surface area contributed by atoms with E-state index in [0.717, 1.165) is 51.9 Å². The molecule has 1 aromatic heterocycles. The highest BCUT2D eigenvalue weighted by Gasteiger charge is 2.22. The fourth-order valence-corrected chi connectivity index (χ4v) is 3.86. The zero-order chi connectivity index (χ0) is 15.1. The van der Waals surface area contributed by atoms with Crippen molar-refractivity contribution in [2.75, 3.05) is 31.6 Å². The average molecular weight is 311 g/mol. The number of nitrogens with zero attached hydrogens (tertiary/aromatic N) is 2. The summed E-state index contributed by atoms with van der Waals surface area (Å²) < 4.78 is 5.45. The second-order valence-electron chi connectivity index (χ2n) is 5.72. The van der Waals surface area contributed by atoms with Gasteiger partial charge in [0.25, 0.3) is 0 Å². The second-order valence-corrected chi connectivity index (χ2v) is 6.78. The fraction of sp³-hybridized carbons (Fsp3) is 0.812. The van der Waals surface area contributed by atoms with Crippen LogP contribution in [0.2, 0.25) is 0 Å². The van der Waals surface area contributed by atoms with E-state index in [1.165, 1.54) is 22.1 Å². The summed E-state index contributed by atoms with van der Waals surface area (Å²) in [5.41, 5.74) is 1.30. The molecule has 2 heterocycles. The molecule has 1 aliphatic heterocycles. The van der Waals surface area contributed by atoms with Gasteiger partial charge in [-0.1, -0.05) is 20.3 Å². The molecule has 1 saturated heterocycles. The van der Waals surface area contributed by atoms with Crippen molar-refractivity contribution < 1.29 is 4.74 Å². The van der Waals surface area contributed by atoms with Gasteiger partial charge in [0.2, 0.25) is 0 Å². The third-order valence-corrected chi connectivity index (χ3v) is 5.17. The minimum absolute atomic E-state index is 0.432. The van der Waals surface area contributed by atoms with Crippen molar-refractivity contribution in [3.05, 3.63) is 10.6 Å². The Morgan fingerprint density at radius 1 is 1.29 bits per heavy atom. The molecule has 21 heavy (non-hydrogen) atoms. The lowest BCUT2D eigenvalue weighted by Gasteiger charge is -2.30. The lowest BCUT2D eigenvalue weighted by atomic mass is 10.1. The highest BCUT2D eigenvalue weighted by atomic mass is 32.1. The number of methoxy groups -OCH3 is 1. The SMILES string of the molecule is CCCNCc1sc(N2CCC(OC)CC2)nc1CCC. The molecule has 1 aromatic rings. The molecule has 0 amide bonds. The van der Waals surface area contributed by atoms with Crippen molar-refractivity contribution in [3.8, 4) is 0 Å². The molecule has 0 bridgehead atoms. The summed E-state index contributed by atoms with van der Waals surface area (Å²) in [7, 11) is 1.82. The molecule has 0 saturated carbocycles. The molecule has 0 radical (unpaired) electrons. The maximum absolute atomic E-state index is 5.45. The molecule has 1 fully saturated rings. The molecule has 0 unspecified atom stereocenters. The molecule has 4 nitrogen and oxygen atoms in total. The van der Waals surface area contributed by atoms with Gasteiger partial charge in [0.05, 0.1) is 11.8 Å². The second kappa shape index (κ2) is 8.71. The number of rotatable bonds is 8. The Kier molecular flexibility index (Phi) is 6.93. The largest absolute Gasteiger partial charge is 0.381 e.